The van der Waals surface area contributed by atoms with E-state index < -0.39 is 98.2 Å². The van der Waals surface area contributed by atoms with E-state index in [0.29, 0.717) is 0 Å². The van der Waals surface area contributed by atoms with Crippen LogP contribution in [0.3, 0.4) is 0 Å². The molecule has 0 spiro atoms. The predicted molar refractivity (Wildman–Crippen MR) is 169 cm³/mol. The molecule has 3 aromatic rings. The second-order valence-corrected chi connectivity index (χ2v) is 12.3. The smallest absolute Gasteiger partial charge is 0.229 e. The van der Waals surface area contributed by atoms with E-state index in [1.165, 1.54) is 6.07 Å². The molecule has 2 aliphatic heterocycles. The van der Waals surface area contributed by atoms with Gasteiger partial charge in [0, 0.05) is 23.3 Å². The maximum absolute atomic E-state index is 13.6. The van der Waals surface area contributed by atoms with E-state index in [9.17, 15) is 61.0 Å². The summed E-state index contributed by atoms with van der Waals surface area (Å²) >= 11 is 0. The molecule has 2 fully saturated rings. The van der Waals surface area contributed by atoms with Crippen LogP contribution in [0.15, 0.2) is 45.1 Å². The second kappa shape index (κ2) is 15.2. The number of allylic oxidation sites excluding steroid dienone is 2. The summed E-state index contributed by atoms with van der Waals surface area (Å²) in [5, 5.41) is 112. The van der Waals surface area contributed by atoms with Gasteiger partial charge in [0.05, 0.1) is 25.4 Å². The van der Waals surface area contributed by atoms with Gasteiger partial charge in [-0.2, -0.15) is 0 Å². The number of aliphatic hydroxyl groups excluding tert-OH is 9. The highest BCUT2D eigenvalue weighted by molar-refractivity contribution is 5.87. The Balaban J connectivity index is 1.58. The lowest BCUT2D eigenvalue weighted by Gasteiger charge is -2.39. The van der Waals surface area contributed by atoms with Gasteiger partial charge >= 0.3 is 0 Å². The molecule has 2 aromatic carbocycles. The molecular formula is C33H40O17. The molecule has 2 saturated heterocycles. The zero-order valence-corrected chi connectivity index (χ0v) is 26.9. The van der Waals surface area contributed by atoms with Gasteiger partial charge in [-0.25, -0.2) is 0 Å². The third-order valence-corrected chi connectivity index (χ3v) is 8.52. The first kappa shape index (κ1) is 37.4. The van der Waals surface area contributed by atoms with Crippen LogP contribution < -0.4 is 14.9 Å². The van der Waals surface area contributed by atoms with Crippen molar-refractivity contribution >= 4 is 11.0 Å². The topological polar surface area (TPSA) is 290 Å². The van der Waals surface area contributed by atoms with Crippen molar-refractivity contribution in [3.8, 4) is 34.3 Å². The molecule has 10 atom stereocenters. The second-order valence-electron chi connectivity index (χ2n) is 12.3. The van der Waals surface area contributed by atoms with Gasteiger partial charge in [-0.3, -0.25) is 4.79 Å². The standard InChI is InChI=1S/C33H40O17/c1-12(2)3-4-13-5-14(6-18(38)31(13)50-33-29(45)27(43)25(41)21(11-36)49-33)30-16(9-34)23(39)22-17(37)7-15(8-19(22)47-30)46-32-28(44)26(42)24(40)20(10-35)48-32/h3,5-8,20-21,24-29,32-38,40-45H,4,9-11H2,1-2H3. The molecule has 50 heavy (non-hydrogen) atoms. The van der Waals surface area contributed by atoms with Crippen LogP contribution in [0.5, 0.6) is 23.0 Å². The van der Waals surface area contributed by atoms with E-state index in [2.05, 4.69) is 0 Å². The largest absolute Gasteiger partial charge is 0.507 e. The molecule has 0 amide bonds. The molecule has 11 N–H and O–H groups in total. The van der Waals surface area contributed by atoms with Gasteiger partial charge in [-0.15, -0.1) is 0 Å². The fourth-order valence-electron chi connectivity index (χ4n) is 5.74. The number of phenols is 2. The molecule has 2 aliphatic rings. The average Bonchev–Trinajstić information content (AvgIpc) is 3.08. The summed E-state index contributed by atoms with van der Waals surface area (Å²) in [6.45, 7) is 1.33. The first-order valence-electron chi connectivity index (χ1n) is 15.6. The van der Waals surface area contributed by atoms with E-state index in [0.717, 1.165) is 23.8 Å². The molecule has 0 saturated carbocycles. The van der Waals surface area contributed by atoms with Crippen molar-refractivity contribution in [1.29, 1.82) is 0 Å². The first-order chi connectivity index (χ1) is 23.7. The quantitative estimate of drug-likeness (QED) is 0.104. The molecule has 17 heteroatoms. The Hall–Kier alpha value is -3.85. The zero-order chi connectivity index (χ0) is 36.6. The summed E-state index contributed by atoms with van der Waals surface area (Å²) < 4.78 is 28.2. The van der Waals surface area contributed by atoms with Crippen molar-refractivity contribution in [2.45, 2.75) is 88.3 Å². The molecule has 3 heterocycles. The van der Waals surface area contributed by atoms with Gasteiger partial charge in [0.1, 0.15) is 77.1 Å². The van der Waals surface area contributed by atoms with E-state index in [4.69, 9.17) is 23.4 Å². The van der Waals surface area contributed by atoms with Crippen molar-refractivity contribution in [2.75, 3.05) is 13.2 Å². The van der Waals surface area contributed by atoms with Crippen LogP contribution in [-0.4, -0.2) is 131 Å². The minimum atomic E-state index is -1.78. The van der Waals surface area contributed by atoms with Gasteiger partial charge in [0.25, 0.3) is 0 Å². The Morgan fingerprint density at radius 1 is 0.760 bits per heavy atom. The van der Waals surface area contributed by atoms with Crippen LogP contribution in [0.1, 0.15) is 25.0 Å². The lowest BCUT2D eigenvalue weighted by atomic mass is 9.98. The van der Waals surface area contributed by atoms with E-state index in [1.54, 1.807) is 6.08 Å². The molecule has 1 aromatic heterocycles. The molecule has 0 aliphatic carbocycles. The van der Waals surface area contributed by atoms with Gasteiger partial charge in [0.15, 0.2) is 11.5 Å². The molecule has 10 unspecified atom stereocenters. The molecule has 5 rings (SSSR count). The molecule has 0 bridgehead atoms. The number of ether oxygens (including phenoxy) is 4. The van der Waals surface area contributed by atoms with Crippen molar-refractivity contribution in [3.63, 3.8) is 0 Å². The van der Waals surface area contributed by atoms with Crippen molar-refractivity contribution in [2.24, 2.45) is 0 Å². The average molecular weight is 709 g/mol. The van der Waals surface area contributed by atoms with Crippen molar-refractivity contribution < 1.29 is 79.5 Å². The van der Waals surface area contributed by atoms with Crippen LogP contribution in [0.2, 0.25) is 0 Å². The highest BCUT2D eigenvalue weighted by Gasteiger charge is 2.46. The summed E-state index contributed by atoms with van der Waals surface area (Å²) in [5.74, 6) is -1.86. The van der Waals surface area contributed by atoms with Crippen molar-refractivity contribution in [3.05, 3.63) is 57.3 Å². The Labute approximate surface area is 283 Å². The summed E-state index contributed by atoms with van der Waals surface area (Å²) in [5.41, 5.74) is -0.229. The van der Waals surface area contributed by atoms with E-state index in [1.807, 2.05) is 13.8 Å². The maximum atomic E-state index is 13.6. The first-order valence-corrected chi connectivity index (χ1v) is 15.6. The van der Waals surface area contributed by atoms with Crippen LogP contribution in [0, 0.1) is 0 Å². The highest BCUT2D eigenvalue weighted by Crippen LogP contribution is 2.41. The summed E-state index contributed by atoms with van der Waals surface area (Å²) in [6, 6.07) is 4.73. The Kier molecular flexibility index (Phi) is 11.4. The highest BCUT2D eigenvalue weighted by atomic mass is 16.7. The number of phenolic OH excluding ortho intramolecular Hbond substituents is 2. The van der Waals surface area contributed by atoms with Crippen molar-refractivity contribution in [1.82, 2.24) is 0 Å². The molecule has 0 radical (unpaired) electrons. The number of hydrogen-bond acceptors (Lipinski definition) is 17. The summed E-state index contributed by atoms with van der Waals surface area (Å²) in [6.07, 6.45) is -14.3. The van der Waals surface area contributed by atoms with Gasteiger partial charge in [-0.1, -0.05) is 11.6 Å². The Morgan fingerprint density at radius 3 is 1.88 bits per heavy atom. The van der Waals surface area contributed by atoms with Crippen LogP contribution in [0.25, 0.3) is 22.3 Å². The fourth-order valence-corrected chi connectivity index (χ4v) is 5.74. The maximum Gasteiger partial charge on any atom is 0.229 e. The number of aromatic hydroxyl groups is 2. The minimum absolute atomic E-state index is 0.0589. The van der Waals surface area contributed by atoms with Gasteiger partial charge in [0.2, 0.25) is 18.0 Å². The van der Waals surface area contributed by atoms with Crippen LogP contribution in [0.4, 0.5) is 0 Å². The fraction of sp³-hybridized carbons (Fsp3) is 0.485. The van der Waals surface area contributed by atoms with Gasteiger partial charge < -0.3 is 79.5 Å². The third-order valence-electron chi connectivity index (χ3n) is 8.52. The molecule has 274 valence electrons. The normalized spacial score (nSPS) is 29.9. The number of aliphatic hydroxyl groups is 9. The molecule has 17 nitrogen and oxygen atoms in total. The summed E-state index contributed by atoms with van der Waals surface area (Å²) in [4.78, 5) is 13.6. The van der Waals surface area contributed by atoms with Crippen LogP contribution in [-0.2, 0) is 22.5 Å². The number of fused-ring (bicyclic) bond motifs is 1. The number of rotatable bonds is 10. The lowest BCUT2D eigenvalue weighted by Crippen LogP contribution is -2.60. The number of benzene rings is 2. The molecular weight excluding hydrogens is 668 g/mol. The van der Waals surface area contributed by atoms with Crippen LogP contribution >= 0.6 is 0 Å². The predicted octanol–water partition coefficient (Wildman–Crippen LogP) is -1.77. The van der Waals surface area contributed by atoms with Gasteiger partial charge in [-0.05, 0) is 32.4 Å². The van der Waals surface area contributed by atoms with E-state index in [-0.39, 0.29) is 51.3 Å². The summed E-state index contributed by atoms with van der Waals surface area (Å²) in [7, 11) is 0. The zero-order valence-electron chi connectivity index (χ0n) is 26.9. The SMILES string of the molecule is CC(C)=CCc1cc(-c2oc3cc(OC4OC(CO)C(O)C(O)C4O)cc(O)c3c(=O)c2CO)cc(O)c1OC1OC(CO)C(O)C(O)C1O. The Morgan fingerprint density at radius 2 is 1.34 bits per heavy atom. The Bertz CT molecular complexity index is 1760. The van der Waals surface area contributed by atoms with E-state index >= 15 is 0 Å². The monoisotopic (exact) mass is 708 g/mol. The third kappa shape index (κ3) is 7.16. The lowest BCUT2D eigenvalue weighted by molar-refractivity contribution is -0.277. The minimum Gasteiger partial charge on any atom is -0.507 e. The number of hydrogen-bond donors (Lipinski definition) is 11.